The molecule has 1 atom stereocenters. The van der Waals surface area contributed by atoms with Gasteiger partial charge in [-0.15, -0.1) is 0 Å². The zero-order valence-electron chi connectivity index (χ0n) is 40.4. The predicted octanol–water partition coefficient (Wildman–Crippen LogP) is 20.0. The Morgan fingerprint density at radius 1 is 0.257 bits per heavy atom. The van der Waals surface area contributed by atoms with Crippen LogP contribution in [0, 0.1) is 0 Å². The second-order valence-corrected chi connectivity index (χ2v) is 19.1. The average molecular weight is 946 g/mol. The Kier molecular flexibility index (Phi) is 10.6. The molecule has 2 aromatic heterocycles. The molecule has 12 aromatic carbocycles. The van der Waals surface area contributed by atoms with Crippen LogP contribution < -0.4 is 4.90 Å². The van der Waals surface area contributed by atoms with E-state index in [4.69, 9.17) is 8.83 Å². The molecule has 0 saturated carbocycles. The van der Waals surface area contributed by atoms with E-state index in [0.29, 0.717) is 0 Å². The maximum Gasteiger partial charge on any atom is 0.137 e. The Bertz CT molecular complexity index is 4360. The summed E-state index contributed by atoms with van der Waals surface area (Å²) in [7, 11) is 0. The summed E-state index contributed by atoms with van der Waals surface area (Å²) in [5.74, 6) is -0.260. The van der Waals surface area contributed by atoms with Gasteiger partial charge < -0.3 is 13.7 Å². The summed E-state index contributed by atoms with van der Waals surface area (Å²) in [5.41, 5.74) is 19.3. The summed E-state index contributed by atoms with van der Waals surface area (Å²) in [6.45, 7) is 0. The lowest BCUT2D eigenvalue weighted by Gasteiger charge is -2.31. The SMILES string of the molecule is c1ccc(-c2cc(N(c3ccccc3-c3ccccc3)c3cccc4oc5ccccc5c34)c3cc(C(c4ccccc4-c4ccccc4)c4cccc5oc6ccccc6c45)c(-c4ccccc4)cc3c2)cc1. The van der Waals surface area contributed by atoms with Gasteiger partial charge in [-0.05, 0) is 122 Å². The monoisotopic (exact) mass is 945 g/mol. The highest BCUT2D eigenvalue weighted by Crippen LogP contribution is 2.52. The number of anilines is 3. The lowest BCUT2D eigenvalue weighted by atomic mass is 9.76. The molecule has 0 bridgehead atoms. The molecule has 14 rings (SSSR count). The number of para-hydroxylation sites is 3. The first kappa shape index (κ1) is 43.1. The number of furan rings is 2. The highest BCUT2D eigenvalue weighted by molar-refractivity contribution is 6.16. The Labute approximate surface area is 429 Å². The summed E-state index contributed by atoms with van der Waals surface area (Å²) in [6, 6.07) is 101. The maximum atomic E-state index is 6.71. The fraction of sp³-hybridized carbons (Fsp3) is 0.0141. The minimum Gasteiger partial charge on any atom is -0.456 e. The highest BCUT2D eigenvalue weighted by Gasteiger charge is 2.30. The molecule has 0 radical (unpaired) electrons. The average Bonchev–Trinajstić information content (AvgIpc) is 4.09. The van der Waals surface area contributed by atoms with Crippen molar-refractivity contribution in [3.63, 3.8) is 0 Å². The minimum atomic E-state index is -0.260. The van der Waals surface area contributed by atoms with Crippen molar-refractivity contribution in [3.8, 4) is 44.5 Å². The largest absolute Gasteiger partial charge is 0.456 e. The number of rotatable bonds is 10. The van der Waals surface area contributed by atoms with Gasteiger partial charge in [0.2, 0.25) is 0 Å². The molecule has 2 heterocycles. The van der Waals surface area contributed by atoms with Crippen molar-refractivity contribution in [2.24, 2.45) is 0 Å². The second kappa shape index (κ2) is 18.2. The number of fused-ring (bicyclic) bond motifs is 7. The number of nitrogens with zero attached hydrogens (tertiary/aromatic N) is 1. The van der Waals surface area contributed by atoms with Crippen LogP contribution in [0.1, 0.15) is 22.6 Å². The molecule has 3 heteroatoms. The minimum absolute atomic E-state index is 0.260. The van der Waals surface area contributed by atoms with Gasteiger partial charge in [0.05, 0.1) is 22.4 Å². The van der Waals surface area contributed by atoms with Gasteiger partial charge >= 0.3 is 0 Å². The first-order chi connectivity index (χ1) is 36.7. The molecule has 0 aliphatic carbocycles. The van der Waals surface area contributed by atoms with E-state index in [1.807, 2.05) is 0 Å². The lowest BCUT2D eigenvalue weighted by molar-refractivity contribution is 0.668. The van der Waals surface area contributed by atoms with Crippen LogP contribution >= 0.6 is 0 Å². The molecule has 348 valence electrons. The zero-order chi connectivity index (χ0) is 49.0. The first-order valence-electron chi connectivity index (χ1n) is 25.4. The summed E-state index contributed by atoms with van der Waals surface area (Å²) >= 11 is 0. The molecule has 0 aliphatic heterocycles. The smallest absolute Gasteiger partial charge is 0.137 e. The van der Waals surface area contributed by atoms with Crippen molar-refractivity contribution in [2.45, 2.75) is 5.92 Å². The summed E-state index contributed by atoms with van der Waals surface area (Å²) < 4.78 is 13.4. The van der Waals surface area contributed by atoms with E-state index in [2.05, 4.69) is 284 Å². The zero-order valence-corrected chi connectivity index (χ0v) is 40.4. The highest BCUT2D eigenvalue weighted by atomic mass is 16.3. The topological polar surface area (TPSA) is 29.5 Å². The molecule has 0 spiro atoms. The van der Waals surface area contributed by atoms with Gasteiger partial charge in [-0.2, -0.15) is 0 Å². The molecule has 0 saturated heterocycles. The standard InChI is InChI=1S/C71H47NO2/c1-5-23-47(24-6-1)51-43-52-44-59(50-29-11-4-12-30-50)61(69(55-33-14-13-31-53(55)48-25-7-2-8-26-48)58-36-21-41-67-70(58)56-34-16-19-39-65(56)73-67)46-60(52)64(45-51)72(62-37-18-15-32-54(62)49-27-9-3-10-28-49)63-38-22-42-68-71(63)57-35-17-20-40-66(57)74-68/h1-46,69H. The van der Waals surface area contributed by atoms with E-state index < -0.39 is 0 Å². The summed E-state index contributed by atoms with van der Waals surface area (Å²) in [4.78, 5) is 2.50. The fourth-order valence-corrected chi connectivity index (χ4v) is 11.5. The van der Waals surface area contributed by atoms with Gasteiger partial charge in [0, 0.05) is 33.0 Å². The second-order valence-electron chi connectivity index (χ2n) is 19.1. The van der Waals surface area contributed by atoms with Crippen LogP contribution in [0.2, 0.25) is 0 Å². The molecular weight excluding hydrogens is 899 g/mol. The molecule has 0 fully saturated rings. The van der Waals surface area contributed by atoms with Crippen LogP contribution in [0.5, 0.6) is 0 Å². The van der Waals surface area contributed by atoms with Crippen molar-refractivity contribution in [3.05, 3.63) is 296 Å². The first-order valence-corrected chi connectivity index (χ1v) is 25.4. The van der Waals surface area contributed by atoms with Crippen molar-refractivity contribution in [2.75, 3.05) is 4.90 Å². The van der Waals surface area contributed by atoms with E-state index >= 15 is 0 Å². The summed E-state index contributed by atoms with van der Waals surface area (Å²) in [6.07, 6.45) is 0. The Balaban J connectivity index is 1.16. The van der Waals surface area contributed by atoms with Crippen molar-refractivity contribution < 1.29 is 8.83 Å². The van der Waals surface area contributed by atoms with Crippen molar-refractivity contribution in [1.82, 2.24) is 0 Å². The summed E-state index contributed by atoms with van der Waals surface area (Å²) in [5, 5.41) is 6.56. The van der Waals surface area contributed by atoms with E-state index in [-0.39, 0.29) is 5.92 Å². The molecule has 74 heavy (non-hydrogen) atoms. The fourth-order valence-electron chi connectivity index (χ4n) is 11.5. The van der Waals surface area contributed by atoms with Crippen molar-refractivity contribution >= 4 is 71.7 Å². The molecule has 1 unspecified atom stereocenters. The van der Waals surface area contributed by atoms with Gasteiger partial charge in [-0.1, -0.05) is 218 Å². The molecule has 0 aliphatic rings. The van der Waals surface area contributed by atoms with Crippen LogP contribution in [0.4, 0.5) is 17.1 Å². The Morgan fingerprint density at radius 2 is 0.730 bits per heavy atom. The predicted molar refractivity (Wildman–Crippen MR) is 309 cm³/mol. The molecular formula is C71H47NO2. The van der Waals surface area contributed by atoms with Crippen LogP contribution in [0.3, 0.4) is 0 Å². The van der Waals surface area contributed by atoms with Crippen LogP contribution in [0.15, 0.2) is 288 Å². The lowest BCUT2D eigenvalue weighted by Crippen LogP contribution is -2.13. The van der Waals surface area contributed by atoms with E-state index in [9.17, 15) is 0 Å². The van der Waals surface area contributed by atoms with Gasteiger partial charge in [0.15, 0.2) is 0 Å². The van der Waals surface area contributed by atoms with Crippen LogP contribution in [-0.4, -0.2) is 0 Å². The van der Waals surface area contributed by atoms with E-state index in [0.717, 1.165) is 111 Å². The maximum absolute atomic E-state index is 6.71. The third kappa shape index (κ3) is 7.36. The third-order valence-electron chi connectivity index (χ3n) is 14.8. The Morgan fingerprint density at radius 3 is 1.41 bits per heavy atom. The molecule has 0 N–H and O–H groups in total. The van der Waals surface area contributed by atoms with E-state index in [1.165, 1.54) is 22.3 Å². The molecule has 3 nitrogen and oxygen atoms in total. The van der Waals surface area contributed by atoms with Gasteiger partial charge in [-0.25, -0.2) is 0 Å². The number of hydrogen-bond acceptors (Lipinski definition) is 3. The van der Waals surface area contributed by atoms with Gasteiger partial charge in [0.25, 0.3) is 0 Å². The van der Waals surface area contributed by atoms with Crippen LogP contribution in [-0.2, 0) is 0 Å². The molecule has 0 amide bonds. The normalized spacial score (nSPS) is 12.0. The Hall–Kier alpha value is -9.70. The molecule has 14 aromatic rings. The van der Waals surface area contributed by atoms with Gasteiger partial charge in [0.1, 0.15) is 22.3 Å². The van der Waals surface area contributed by atoms with Crippen LogP contribution in [0.25, 0.3) is 99.2 Å². The van der Waals surface area contributed by atoms with E-state index in [1.54, 1.807) is 0 Å². The number of hydrogen-bond donors (Lipinski definition) is 0. The number of benzene rings is 12. The third-order valence-corrected chi connectivity index (χ3v) is 14.8. The van der Waals surface area contributed by atoms with Gasteiger partial charge in [-0.3, -0.25) is 0 Å². The quantitative estimate of drug-likeness (QED) is 0.128. The van der Waals surface area contributed by atoms with Crippen molar-refractivity contribution in [1.29, 1.82) is 0 Å².